The Labute approximate surface area is 149 Å². The number of benzene rings is 2. The number of rotatable bonds is 5. The molecule has 0 saturated heterocycles. The van der Waals surface area contributed by atoms with E-state index in [9.17, 15) is 5.11 Å². The predicted octanol–water partition coefficient (Wildman–Crippen LogP) is 5.08. The molecule has 5 heteroatoms. The quantitative estimate of drug-likeness (QED) is 0.641. The number of hydrogen-bond donors (Lipinski definition) is 2. The number of nitrogens with one attached hydrogen (secondary N) is 1. The molecule has 124 valence electrons. The van der Waals surface area contributed by atoms with Gasteiger partial charge in [0.25, 0.3) is 0 Å². The second-order valence-electron chi connectivity index (χ2n) is 5.70. The predicted molar refractivity (Wildman–Crippen MR) is 98.8 cm³/mol. The highest BCUT2D eigenvalue weighted by molar-refractivity contribution is 9.10. The number of anilines is 1. The monoisotopic (exact) mass is 386 g/mol. The number of para-hydroxylation sites is 1. The van der Waals surface area contributed by atoms with E-state index in [1.165, 1.54) is 0 Å². The fraction of sp³-hybridized carbons (Fsp3) is 0.211. The summed E-state index contributed by atoms with van der Waals surface area (Å²) >= 11 is 3.44. The molecule has 1 unspecified atom stereocenters. The molecule has 0 fully saturated rings. The number of aryl methyl sites for hydroxylation is 1. The minimum absolute atomic E-state index is 0.525. The van der Waals surface area contributed by atoms with Gasteiger partial charge in [0, 0.05) is 33.4 Å². The summed E-state index contributed by atoms with van der Waals surface area (Å²) in [6, 6.07) is 15.7. The molecule has 1 aromatic heterocycles. The van der Waals surface area contributed by atoms with E-state index in [4.69, 9.17) is 4.52 Å². The zero-order valence-electron chi connectivity index (χ0n) is 13.6. The molecule has 2 aromatic carbocycles. The van der Waals surface area contributed by atoms with Crippen LogP contribution >= 0.6 is 15.9 Å². The van der Waals surface area contributed by atoms with Gasteiger partial charge in [-0.15, -0.1) is 0 Å². The molecular weight excluding hydrogens is 368 g/mol. The van der Waals surface area contributed by atoms with Gasteiger partial charge in [-0.25, -0.2) is 0 Å². The third-order valence-corrected chi connectivity index (χ3v) is 4.49. The van der Waals surface area contributed by atoms with E-state index < -0.39 is 6.10 Å². The number of nitrogens with zero attached hydrogens (tertiary/aromatic N) is 1. The van der Waals surface area contributed by atoms with Crippen molar-refractivity contribution in [3.05, 3.63) is 69.8 Å². The van der Waals surface area contributed by atoms with E-state index in [0.29, 0.717) is 6.54 Å². The molecule has 4 nitrogen and oxygen atoms in total. The Balaban J connectivity index is 1.87. The Morgan fingerprint density at radius 2 is 1.88 bits per heavy atom. The molecule has 0 bridgehead atoms. The van der Waals surface area contributed by atoms with Gasteiger partial charge in [0.15, 0.2) is 5.76 Å². The maximum absolute atomic E-state index is 9.90. The van der Waals surface area contributed by atoms with Crippen LogP contribution in [0.4, 0.5) is 5.69 Å². The van der Waals surface area contributed by atoms with Crippen LogP contribution < -0.4 is 5.32 Å². The van der Waals surface area contributed by atoms with Crippen LogP contribution in [-0.2, 0) is 6.54 Å². The van der Waals surface area contributed by atoms with Gasteiger partial charge in [0.1, 0.15) is 0 Å². The fourth-order valence-electron chi connectivity index (χ4n) is 2.63. The highest BCUT2D eigenvalue weighted by Gasteiger charge is 2.15. The molecule has 24 heavy (non-hydrogen) atoms. The molecular formula is C19H19BrN2O2. The van der Waals surface area contributed by atoms with E-state index in [1.54, 1.807) is 6.92 Å². The van der Waals surface area contributed by atoms with Crippen LogP contribution in [0.3, 0.4) is 0 Å². The summed E-state index contributed by atoms with van der Waals surface area (Å²) in [6.45, 7) is 4.27. The first-order valence-electron chi connectivity index (χ1n) is 7.78. The summed E-state index contributed by atoms with van der Waals surface area (Å²) in [5.41, 5.74) is 4.64. The first-order valence-corrected chi connectivity index (χ1v) is 8.57. The molecule has 0 amide bonds. The summed E-state index contributed by atoms with van der Waals surface area (Å²) in [6.07, 6.45) is -0.525. The lowest BCUT2D eigenvalue weighted by Crippen LogP contribution is -2.05. The Bertz CT molecular complexity index is 826. The first kappa shape index (κ1) is 16.7. The van der Waals surface area contributed by atoms with Gasteiger partial charge in [0.05, 0.1) is 11.8 Å². The van der Waals surface area contributed by atoms with Gasteiger partial charge >= 0.3 is 0 Å². The summed E-state index contributed by atoms with van der Waals surface area (Å²) in [7, 11) is 0. The van der Waals surface area contributed by atoms with Crippen molar-refractivity contribution in [2.24, 2.45) is 0 Å². The summed E-state index contributed by atoms with van der Waals surface area (Å²) < 4.78 is 6.55. The van der Waals surface area contributed by atoms with Gasteiger partial charge in [0.2, 0.25) is 0 Å². The molecule has 0 spiro atoms. The fourth-order valence-corrected chi connectivity index (χ4v) is 2.90. The number of halogens is 1. The van der Waals surface area contributed by atoms with E-state index in [2.05, 4.69) is 26.4 Å². The maximum Gasteiger partial charge on any atom is 0.172 e. The van der Waals surface area contributed by atoms with Crippen LogP contribution in [0.25, 0.3) is 11.3 Å². The molecule has 0 saturated carbocycles. The van der Waals surface area contributed by atoms with Crippen molar-refractivity contribution in [3.63, 3.8) is 0 Å². The third-order valence-electron chi connectivity index (χ3n) is 3.96. The smallest absolute Gasteiger partial charge is 0.172 e. The lowest BCUT2D eigenvalue weighted by atomic mass is 10.1. The maximum atomic E-state index is 9.90. The molecule has 0 aliphatic carbocycles. The SMILES string of the molecule is Cc1noc(-c2ccc(Br)cc2)c1CNc1ccccc1C(C)O. The minimum Gasteiger partial charge on any atom is -0.389 e. The Morgan fingerprint density at radius 3 is 2.58 bits per heavy atom. The number of hydrogen-bond acceptors (Lipinski definition) is 4. The third kappa shape index (κ3) is 3.52. The van der Waals surface area contributed by atoms with Crippen LogP contribution in [0.1, 0.15) is 29.8 Å². The Hall–Kier alpha value is -2.11. The zero-order chi connectivity index (χ0) is 17.1. The first-order chi connectivity index (χ1) is 11.6. The second-order valence-corrected chi connectivity index (χ2v) is 6.62. The average Bonchev–Trinajstić information content (AvgIpc) is 2.94. The van der Waals surface area contributed by atoms with Crippen LogP contribution in [0.15, 0.2) is 57.5 Å². The van der Waals surface area contributed by atoms with Gasteiger partial charge < -0.3 is 14.9 Å². The second kappa shape index (κ2) is 7.20. The molecule has 3 aromatic rings. The lowest BCUT2D eigenvalue weighted by Gasteiger charge is -2.14. The van der Waals surface area contributed by atoms with Crippen molar-refractivity contribution in [2.45, 2.75) is 26.5 Å². The molecule has 1 heterocycles. The van der Waals surface area contributed by atoms with E-state index >= 15 is 0 Å². The largest absolute Gasteiger partial charge is 0.389 e. The highest BCUT2D eigenvalue weighted by Crippen LogP contribution is 2.29. The van der Waals surface area contributed by atoms with Gasteiger partial charge in [-0.1, -0.05) is 51.4 Å². The topological polar surface area (TPSA) is 58.3 Å². The number of aliphatic hydroxyl groups is 1. The molecule has 0 radical (unpaired) electrons. The van der Waals surface area contributed by atoms with Crippen molar-refractivity contribution in [1.82, 2.24) is 5.16 Å². The highest BCUT2D eigenvalue weighted by atomic mass is 79.9. The van der Waals surface area contributed by atoms with Crippen LogP contribution in [0, 0.1) is 6.92 Å². The summed E-state index contributed by atoms with van der Waals surface area (Å²) in [5.74, 6) is 0.766. The van der Waals surface area contributed by atoms with Gasteiger partial charge in [-0.05, 0) is 32.0 Å². The van der Waals surface area contributed by atoms with Crippen LogP contribution in [0.2, 0.25) is 0 Å². The van der Waals surface area contributed by atoms with Crippen molar-refractivity contribution in [1.29, 1.82) is 0 Å². The van der Waals surface area contributed by atoms with E-state index in [1.807, 2.05) is 55.5 Å². The van der Waals surface area contributed by atoms with E-state index in [-0.39, 0.29) is 0 Å². The molecule has 0 aliphatic rings. The molecule has 0 aliphatic heterocycles. The molecule has 1 atom stereocenters. The number of aromatic nitrogens is 1. The zero-order valence-corrected chi connectivity index (χ0v) is 15.2. The van der Waals surface area contributed by atoms with Crippen LogP contribution in [0.5, 0.6) is 0 Å². The van der Waals surface area contributed by atoms with Crippen molar-refractivity contribution < 1.29 is 9.63 Å². The number of aliphatic hydroxyl groups excluding tert-OH is 1. The molecule has 2 N–H and O–H groups in total. The van der Waals surface area contributed by atoms with Gasteiger partial charge in [-0.3, -0.25) is 0 Å². The molecule has 3 rings (SSSR count). The van der Waals surface area contributed by atoms with Crippen molar-refractivity contribution >= 4 is 21.6 Å². The average molecular weight is 387 g/mol. The standard InChI is InChI=1S/C19H19BrN2O2/c1-12-17(11-21-18-6-4-3-5-16(18)13(2)23)19(24-22-12)14-7-9-15(20)10-8-14/h3-10,13,21,23H,11H2,1-2H3. The normalized spacial score (nSPS) is 12.2. The van der Waals surface area contributed by atoms with E-state index in [0.717, 1.165) is 38.3 Å². The Morgan fingerprint density at radius 1 is 1.17 bits per heavy atom. The Kier molecular flexibility index (Phi) is 5.02. The summed E-state index contributed by atoms with van der Waals surface area (Å²) in [5, 5.41) is 17.4. The van der Waals surface area contributed by atoms with Crippen molar-refractivity contribution in [2.75, 3.05) is 5.32 Å². The summed E-state index contributed by atoms with van der Waals surface area (Å²) in [4.78, 5) is 0. The minimum atomic E-state index is -0.525. The van der Waals surface area contributed by atoms with Crippen molar-refractivity contribution in [3.8, 4) is 11.3 Å². The van der Waals surface area contributed by atoms with Crippen LogP contribution in [-0.4, -0.2) is 10.3 Å². The van der Waals surface area contributed by atoms with Gasteiger partial charge in [-0.2, -0.15) is 0 Å². The lowest BCUT2D eigenvalue weighted by molar-refractivity contribution is 0.200.